The van der Waals surface area contributed by atoms with E-state index < -0.39 is 30.5 Å². The zero-order valence-electron chi connectivity index (χ0n) is 17.4. The van der Waals surface area contributed by atoms with Crippen molar-refractivity contribution in [3.05, 3.63) is 41.9 Å². The highest BCUT2D eigenvalue weighted by Gasteiger charge is 2.42. The van der Waals surface area contributed by atoms with Gasteiger partial charge in [0.1, 0.15) is 11.4 Å². The van der Waals surface area contributed by atoms with Gasteiger partial charge in [-0.05, 0) is 38.5 Å². The molecule has 172 valence electrons. The summed E-state index contributed by atoms with van der Waals surface area (Å²) < 4.78 is 57.0. The summed E-state index contributed by atoms with van der Waals surface area (Å²) >= 11 is 0. The Hall–Kier alpha value is -3.28. The van der Waals surface area contributed by atoms with Crippen LogP contribution < -0.4 is 10.1 Å². The highest BCUT2D eigenvalue weighted by Crippen LogP contribution is 2.26. The minimum Gasteiger partial charge on any atom is -0.471 e. The van der Waals surface area contributed by atoms with Crippen molar-refractivity contribution in [3.63, 3.8) is 0 Å². The third-order valence-electron chi connectivity index (χ3n) is 4.42. The number of nitrogens with one attached hydrogen (secondary N) is 1. The Morgan fingerprint density at radius 3 is 2.66 bits per heavy atom. The van der Waals surface area contributed by atoms with E-state index in [0.29, 0.717) is 22.0 Å². The minimum atomic E-state index is -4.27. The maximum absolute atomic E-state index is 13.0. The van der Waals surface area contributed by atoms with E-state index in [-0.39, 0.29) is 18.2 Å². The third kappa shape index (κ3) is 5.31. The molecule has 1 amide bonds. The van der Waals surface area contributed by atoms with Crippen LogP contribution in [0.25, 0.3) is 10.9 Å². The number of carbonyl (C=O) groups excluding carboxylic acids is 1. The molecule has 12 heteroatoms. The number of amides is 1. The maximum Gasteiger partial charge on any atom is 0.340 e. The van der Waals surface area contributed by atoms with Crippen LogP contribution in [0.3, 0.4) is 0 Å². The lowest BCUT2D eigenvalue weighted by Crippen LogP contribution is -2.36. The van der Waals surface area contributed by atoms with Crippen molar-refractivity contribution in [1.82, 2.24) is 19.7 Å². The second-order valence-electron chi connectivity index (χ2n) is 7.75. The fraction of sp³-hybridized carbons (Fsp3) is 0.400. The van der Waals surface area contributed by atoms with Gasteiger partial charge in [-0.25, -0.2) is 18.7 Å². The normalized spacial score (nSPS) is 12.4. The molecule has 8 nitrogen and oxygen atoms in total. The molecule has 2 N–H and O–H groups in total. The molecule has 0 saturated carbocycles. The molecule has 3 aromatic heterocycles. The van der Waals surface area contributed by atoms with Gasteiger partial charge in [0.2, 0.25) is 5.88 Å². The Labute approximate surface area is 180 Å². The molecule has 0 saturated heterocycles. The van der Waals surface area contributed by atoms with Gasteiger partial charge >= 0.3 is 12.3 Å². The number of hydrogen-bond acceptors (Lipinski definition) is 6. The molecule has 3 rings (SSSR count). The van der Waals surface area contributed by atoms with Gasteiger partial charge in [-0.15, -0.1) is 0 Å². The lowest BCUT2D eigenvalue weighted by molar-refractivity contribution is -0.148. The molecule has 0 aliphatic carbocycles. The Morgan fingerprint density at radius 2 is 2.03 bits per heavy atom. The van der Waals surface area contributed by atoms with E-state index in [1.54, 1.807) is 29.9 Å². The van der Waals surface area contributed by atoms with Gasteiger partial charge in [0.15, 0.2) is 6.61 Å². The number of rotatable bonds is 8. The number of carbonyl (C=O) groups is 1. The highest BCUT2D eigenvalue weighted by molar-refractivity contribution is 6.02. The number of aromatic nitrogens is 4. The van der Waals surface area contributed by atoms with Crippen LogP contribution in [-0.2, 0) is 11.3 Å². The van der Waals surface area contributed by atoms with E-state index in [2.05, 4.69) is 20.4 Å². The van der Waals surface area contributed by atoms with E-state index in [4.69, 9.17) is 4.74 Å². The van der Waals surface area contributed by atoms with Crippen molar-refractivity contribution in [1.29, 1.82) is 0 Å². The SMILES string of the molecule is Cc1cc(Cn2cc3c(NC(=O)C(C)(C)O)nccc3n2)cnc1OCC(F)(F)C(F)F. The van der Waals surface area contributed by atoms with Crippen LogP contribution in [0.5, 0.6) is 5.88 Å². The number of anilines is 1. The molecule has 0 radical (unpaired) electrons. The van der Waals surface area contributed by atoms with Gasteiger partial charge in [0.25, 0.3) is 5.91 Å². The van der Waals surface area contributed by atoms with Crippen LogP contribution in [0, 0.1) is 6.92 Å². The summed E-state index contributed by atoms with van der Waals surface area (Å²) in [5.41, 5.74) is -0.00105. The molecule has 0 atom stereocenters. The fourth-order valence-corrected chi connectivity index (χ4v) is 2.71. The molecule has 0 aliphatic rings. The van der Waals surface area contributed by atoms with E-state index in [1.165, 1.54) is 26.2 Å². The number of aliphatic hydroxyl groups is 1. The third-order valence-corrected chi connectivity index (χ3v) is 4.42. The number of ether oxygens (including phenoxy) is 1. The summed E-state index contributed by atoms with van der Waals surface area (Å²) in [6, 6.07) is 3.26. The summed E-state index contributed by atoms with van der Waals surface area (Å²) in [4.78, 5) is 20.1. The van der Waals surface area contributed by atoms with Crippen LogP contribution in [0.4, 0.5) is 23.4 Å². The lowest BCUT2D eigenvalue weighted by Gasteiger charge is -2.16. The van der Waals surface area contributed by atoms with Gasteiger partial charge in [-0.3, -0.25) is 9.48 Å². The topological polar surface area (TPSA) is 102 Å². The predicted molar refractivity (Wildman–Crippen MR) is 107 cm³/mol. The summed E-state index contributed by atoms with van der Waals surface area (Å²) in [6.45, 7) is 3.02. The molecule has 3 heterocycles. The van der Waals surface area contributed by atoms with Crippen LogP contribution >= 0.6 is 0 Å². The molecule has 0 aromatic carbocycles. The fourth-order valence-electron chi connectivity index (χ4n) is 2.71. The highest BCUT2D eigenvalue weighted by atomic mass is 19.3. The zero-order chi connectivity index (χ0) is 23.7. The van der Waals surface area contributed by atoms with Crippen molar-refractivity contribution < 1.29 is 32.2 Å². The average Bonchev–Trinajstić information content (AvgIpc) is 3.10. The summed E-state index contributed by atoms with van der Waals surface area (Å²) in [5, 5.41) is 17.3. The summed E-state index contributed by atoms with van der Waals surface area (Å²) in [5.74, 6) is -4.83. The Morgan fingerprint density at radius 1 is 1.31 bits per heavy atom. The minimum absolute atomic E-state index is 0.166. The number of halogens is 4. The average molecular weight is 455 g/mol. The van der Waals surface area contributed by atoms with E-state index in [0.717, 1.165) is 0 Å². The Kier molecular flexibility index (Phi) is 6.35. The van der Waals surface area contributed by atoms with Gasteiger partial charge in [-0.2, -0.15) is 13.9 Å². The molecule has 0 spiro atoms. The standard InChI is InChI=1S/C20H21F4N5O3/c1-11-6-12(7-26-16(11)32-10-20(23,24)17(21)22)8-29-9-13-14(28-29)4-5-25-15(13)27-18(30)19(2,3)31/h4-7,9,17,31H,8,10H2,1-3H3,(H,25,27,30). The second kappa shape index (κ2) is 8.69. The molecule has 0 unspecified atom stereocenters. The molecule has 32 heavy (non-hydrogen) atoms. The predicted octanol–water partition coefficient (Wildman–Crippen LogP) is 3.17. The first-order valence-corrected chi connectivity index (χ1v) is 9.47. The number of hydrogen-bond donors (Lipinski definition) is 2. The van der Waals surface area contributed by atoms with Crippen molar-refractivity contribution in [2.45, 2.75) is 45.3 Å². The summed E-state index contributed by atoms with van der Waals surface area (Å²) in [6.07, 6.45) is 0.645. The number of nitrogens with zero attached hydrogens (tertiary/aromatic N) is 4. The zero-order valence-corrected chi connectivity index (χ0v) is 17.4. The first kappa shape index (κ1) is 23.4. The number of alkyl halides is 4. The van der Waals surface area contributed by atoms with Crippen molar-refractivity contribution >= 4 is 22.6 Å². The first-order chi connectivity index (χ1) is 14.9. The Bertz CT molecular complexity index is 1130. The van der Waals surface area contributed by atoms with Gasteiger partial charge in [0, 0.05) is 24.2 Å². The quantitative estimate of drug-likeness (QED) is 0.506. The van der Waals surface area contributed by atoms with Crippen LogP contribution in [0.2, 0.25) is 0 Å². The lowest BCUT2D eigenvalue weighted by atomic mass is 10.1. The largest absolute Gasteiger partial charge is 0.471 e. The molecular formula is C20H21F4N5O3. The molecule has 0 aliphatic heterocycles. The van der Waals surface area contributed by atoms with E-state index in [1.807, 2.05) is 0 Å². The first-order valence-electron chi connectivity index (χ1n) is 9.47. The molecular weight excluding hydrogens is 434 g/mol. The van der Waals surface area contributed by atoms with Crippen LogP contribution in [-0.4, -0.2) is 55.3 Å². The monoisotopic (exact) mass is 455 g/mol. The number of aryl methyl sites for hydroxylation is 1. The number of pyridine rings is 2. The smallest absolute Gasteiger partial charge is 0.340 e. The van der Waals surface area contributed by atoms with Gasteiger partial charge in [-0.1, -0.05) is 0 Å². The van der Waals surface area contributed by atoms with E-state index in [9.17, 15) is 27.5 Å². The van der Waals surface area contributed by atoms with Gasteiger partial charge in [0.05, 0.1) is 17.4 Å². The van der Waals surface area contributed by atoms with Crippen molar-refractivity contribution in [3.8, 4) is 5.88 Å². The van der Waals surface area contributed by atoms with Gasteiger partial charge < -0.3 is 15.2 Å². The summed E-state index contributed by atoms with van der Waals surface area (Å²) in [7, 11) is 0. The van der Waals surface area contributed by atoms with Crippen molar-refractivity contribution in [2.75, 3.05) is 11.9 Å². The number of fused-ring (bicyclic) bond motifs is 1. The second-order valence-corrected chi connectivity index (χ2v) is 7.75. The molecule has 0 fully saturated rings. The Balaban J connectivity index is 1.76. The van der Waals surface area contributed by atoms with Crippen molar-refractivity contribution in [2.24, 2.45) is 0 Å². The van der Waals surface area contributed by atoms with Crippen LogP contribution in [0.15, 0.2) is 30.7 Å². The molecule has 3 aromatic rings. The van der Waals surface area contributed by atoms with E-state index >= 15 is 0 Å². The maximum atomic E-state index is 13.0. The molecule has 0 bridgehead atoms. The van der Waals surface area contributed by atoms with Crippen LogP contribution in [0.1, 0.15) is 25.0 Å².